The zero-order valence-corrected chi connectivity index (χ0v) is 15.1. The summed E-state index contributed by atoms with van der Waals surface area (Å²) in [6, 6.07) is 4.31. The minimum Gasteiger partial charge on any atom is -0.339 e. The lowest BCUT2D eigenvalue weighted by atomic mass is 9.72. The van der Waals surface area contributed by atoms with Crippen molar-refractivity contribution in [3.63, 3.8) is 0 Å². The standard InChI is InChI=1S/C17H22N4O2S/c1-11-6-4-5-7-21(11)14(22)10-24-16-13(9-19)17(2,3)12(8-18)15(23)20-16/h11-12H,4-7,10H2,1-3H3,(H,20,23)/t11-,12-/m0/s1. The predicted molar refractivity (Wildman–Crippen MR) is 91.1 cm³/mol. The van der Waals surface area contributed by atoms with Gasteiger partial charge in [0.1, 0.15) is 5.92 Å². The van der Waals surface area contributed by atoms with Crippen molar-refractivity contribution in [1.29, 1.82) is 10.5 Å². The second-order valence-corrected chi connectivity index (χ2v) is 7.80. The van der Waals surface area contributed by atoms with Gasteiger partial charge in [-0.2, -0.15) is 10.5 Å². The van der Waals surface area contributed by atoms with Gasteiger partial charge in [-0.15, -0.1) is 0 Å². The van der Waals surface area contributed by atoms with Crippen LogP contribution in [0, 0.1) is 34.0 Å². The average Bonchev–Trinajstić information content (AvgIpc) is 2.52. The first-order chi connectivity index (χ1) is 11.3. The number of nitriles is 2. The molecule has 7 heteroatoms. The molecule has 2 amide bonds. The van der Waals surface area contributed by atoms with Gasteiger partial charge in [0.15, 0.2) is 0 Å². The molecule has 2 rings (SSSR count). The molecular weight excluding hydrogens is 324 g/mol. The molecule has 0 aliphatic carbocycles. The first kappa shape index (κ1) is 18.4. The Labute approximate surface area is 146 Å². The fourth-order valence-corrected chi connectivity index (χ4v) is 4.28. The third-order valence-corrected chi connectivity index (χ3v) is 5.78. The van der Waals surface area contributed by atoms with Crippen LogP contribution >= 0.6 is 11.8 Å². The van der Waals surface area contributed by atoms with E-state index in [1.54, 1.807) is 13.8 Å². The van der Waals surface area contributed by atoms with Gasteiger partial charge in [0.2, 0.25) is 11.8 Å². The van der Waals surface area contributed by atoms with Crippen LogP contribution in [-0.4, -0.2) is 35.1 Å². The second-order valence-electron chi connectivity index (χ2n) is 6.81. The Hall–Kier alpha value is -1.99. The van der Waals surface area contributed by atoms with Gasteiger partial charge in [0.25, 0.3) is 0 Å². The topological polar surface area (TPSA) is 97.0 Å². The van der Waals surface area contributed by atoms with E-state index in [9.17, 15) is 20.1 Å². The molecule has 0 aromatic heterocycles. The highest BCUT2D eigenvalue weighted by Crippen LogP contribution is 2.41. The lowest BCUT2D eigenvalue weighted by Crippen LogP contribution is -2.45. The van der Waals surface area contributed by atoms with E-state index in [-0.39, 0.29) is 17.7 Å². The van der Waals surface area contributed by atoms with Gasteiger partial charge in [-0.3, -0.25) is 9.59 Å². The number of nitrogens with one attached hydrogen (secondary N) is 1. The minimum atomic E-state index is -0.908. The number of rotatable bonds is 3. The van der Waals surface area contributed by atoms with Crippen molar-refractivity contribution < 1.29 is 9.59 Å². The van der Waals surface area contributed by atoms with Crippen LogP contribution < -0.4 is 5.32 Å². The van der Waals surface area contributed by atoms with Crippen molar-refractivity contribution in [2.45, 2.75) is 46.1 Å². The Kier molecular flexibility index (Phi) is 5.56. The van der Waals surface area contributed by atoms with Crippen molar-refractivity contribution in [2.24, 2.45) is 11.3 Å². The third kappa shape index (κ3) is 3.42. The number of likely N-dealkylation sites (tertiary alicyclic amines) is 1. The Bertz CT molecular complexity index is 656. The average molecular weight is 346 g/mol. The van der Waals surface area contributed by atoms with Crippen LogP contribution in [0.3, 0.4) is 0 Å². The summed E-state index contributed by atoms with van der Waals surface area (Å²) in [7, 11) is 0. The fraction of sp³-hybridized carbons (Fsp3) is 0.647. The zero-order chi connectivity index (χ0) is 17.9. The number of amides is 2. The van der Waals surface area contributed by atoms with Crippen molar-refractivity contribution in [3.8, 4) is 12.1 Å². The van der Waals surface area contributed by atoms with Crippen LogP contribution in [-0.2, 0) is 9.59 Å². The lowest BCUT2D eigenvalue weighted by molar-refractivity contribution is -0.131. The molecule has 2 heterocycles. The van der Waals surface area contributed by atoms with E-state index in [4.69, 9.17) is 0 Å². The normalized spacial score (nSPS) is 26.4. The third-order valence-electron chi connectivity index (χ3n) is 4.80. The summed E-state index contributed by atoms with van der Waals surface area (Å²) < 4.78 is 0. The molecule has 1 fully saturated rings. The summed E-state index contributed by atoms with van der Waals surface area (Å²) in [5, 5.41) is 21.7. The second kappa shape index (κ2) is 7.27. The quantitative estimate of drug-likeness (QED) is 0.844. The van der Waals surface area contributed by atoms with E-state index in [1.165, 1.54) is 11.8 Å². The van der Waals surface area contributed by atoms with Gasteiger partial charge in [-0.05, 0) is 26.2 Å². The van der Waals surface area contributed by atoms with Crippen molar-refractivity contribution in [3.05, 3.63) is 10.6 Å². The van der Waals surface area contributed by atoms with Gasteiger partial charge in [-0.1, -0.05) is 25.6 Å². The molecule has 24 heavy (non-hydrogen) atoms. The first-order valence-electron chi connectivity index (χ1n) is 8.10. The Morgan fingerprint density at radius 2 is 2.12 bits per heavy atom. The monoisotopic (exact) mass is 346 g/mol. The predicted octanol–water partition coefficient (Wildman–Crippen LogP) is 2.15. The summed E-state index contributed by atoms with van der Waals surface area (Å²) in [5.74, 6) is -1.12. The van der Waals surface area contributed by atoms with Crippen LogP contribution in [0.1, 0.15) is 40.0 Å². The van der Waals surface area contributed by atoms with E-state index in [2.05, 4.69) is 11.4 Å². The minimum absolute atomic E-state index is 0.0199. The molecule has 2 aliphatic heterocycles. The number of carbonyl (C=O) groups is 2. The van der Waals surface area contributed by atoms with Crippen LogP contribution in [0.2, 0.25) is 0 Å². The molecule has 0 spiro atoms. The summed E-state index contributed by atoms with van der Waals surface area (Å²) in [6.45, 7) is 6.24. The highest BCUT2D eigenvalue weighted by Gasteiger charge is 2.44. The molecule has 2 aliphatic rings. The van der Waals surface area contributed by atoms with Gasteiger partial charge in [-0.25, -0.2) is 0 Å². The SMILES string of the molecule is C[C@H]1CCCCN1C(=O)CSC1=C(C#N)C(C)(C)[C@@H](C#N)C(=O)N1. The highest BCUT2D eigenvalue weighted by atomic mass is 32.2. The first-order valence-corrected chi connectivity index (χ1v) is 9.09. The smallest absolute Gasteiger partial charge is 0.243 e. The number of piperidine rings is 1. The van der Waals surface area contributed by atoms with Gasteiger partial charge in [0, 0.05) is 18.0 Å². The molecule has 0 radical (unpaired) electrons. The molecule has 128 valence electrons. The number of allylic oxidation sites excluding steroid dienone is 1. The van der Waals surface area contributed by atoms with Crippen LogP contribution in [0.15, 0.2) is 10.6 Å². The van der Waals surface area contributed by atoms with Crippen LogP contribution in [0.4, 0.5) is 0 Å². The van der Waals surface area contributed by atoms with Gasteiger partial charge in [0.05, 0.1) is 28.5 Å². The molecule has 0 saturated carbocycles. The summed E-state index contributed by atoms with van der Waals surface area (Å²) in [5.41, 5.74) is -0.506. The maximum Gasteiger partial charge on any atom is 0.243 e. The van der Waals surface area contributed by atoms with Crippen molar-refractivity contribution in [1.82, 2.24) is 10.2 Å². The van der Waals surface area contributed by atoms with E-state index in [1.807, 2.05) is 17.9 Å². The van der Waals surface area contributed by atoms with Crippen molar-refractivity contribution in [2.75, 3.05) is 12.3 Å². The molecule has 2 atom stereocenters. The maximum atomic E-state index is 12.4. The summed E-state index contributed by atoms with van der Waals surface area (Å²) >= 11 is 1.18. The summed E-state index contributed by atoms with van der Waals surface area (Å²) in [4.78, 5) is 26.4. The molecule has 0 bridgehead atoms. The molecule has 1 saturated heterocycles. The van der Waals surface area contributed by atoms with E-state index < -0.39 is 17.2 Å². The molecular formula is C17H22N4O2S. The molecule has 0 aromatic carbocycles. The molecule has 0 aromatic rings. The van der Waals surface area contributed by atoms with E-state index in [0.717, 1.165) is 25.8 Å². The van der Waals surface area contributed by atoms with Crippen molar-refractivity contribution >= 4 is 23.6 Å². The maximum absolute atomic E-state index is 12.4. The van der Waals surface area contributed by atoms with Gasteiger partial charge < -0.3 is 10.2 Å². The number of hydrogen-bond donors (Lipinski definition) is 1. The Balaban J connectivity index is 2.14. The van der Waals surface area contributed by atoms with Crippen LogP contribution in [0.5, 0.6) is 0 Å². The number of carbonyl (C=O) groups excluding carboxylic acids is 2. The molecule has 0 unspecified atom stereocenters. The van der Waals surface area contributed by atoms with E-state index >= 15 is 0 Å². The van der Waals surface area contributed by atoms with Gasteiger partial charge >= 0.3 is 0 Å². The molecule has 1 N–H and O–H groups in total. The summed E-state index contributed by atoms with van der Waals surface area (Å²) in [6.07, 6.45) is 3.16. The number of hydrogen-bond acceptors (Lipinski definition) is 5. The number of thioether (sulfide) groups is 1. The highest BCUT2D eigenvalue weighted by molar-refractivity contribution is 8.03. The Morgan fingerprint density at radius 1 is 1.42 bits per heavy atom. The zero-order valence-electron chi connectivity index (χ0n) is 14.3. The molecule has 6 nitrogen and oxygen atoms in total. The fourth-order valence-electron chi connectivity index (χ4n) is 3.22. The lowest BCUT2D eigenvalue weighted by Gasteiger charge is -2.35. The van der Waals surface area contributed by atoms with Crippen LogP contribution in [0.25, 0.3) is 0 Å². The largest absolute Gasteiger partial charge is 0.339 e. The number of nitrogens with zero attached hydrogens (tertiary/aromatic N) is 3. The van der Waals surface area contributed by atoms with E-state index in [0.29, 0.717) is 10.6 Å². The Morgan fingerprint density at radius 3 is 2.71 bits per heavy atom.